The van der Waals surface area contributed by atoms with Gasteiger partial charge in [0.25, 0.3) is 0 Å². The molecule has 1 amide bonds. The Morgan fingerprint density at radius 3 is 2.58 bits per heavy atom. The topological polar surface area (TPSA) is 40.5 Å². The van der Waals surface area contributed by atoms with Crippen molar-refractivity contribution in [1.82, 2.24) is 4.90 Å². The average molecular weight is 340 g/mol. The normalized spacial score (nSPS) is 10.4. The van der Waals surface area contributed by atoms with Gasteiger partial charge in [-0.25, -0.2) is 0 Å². The molecule has 1 aromatic carbocycles. The van der Waals surface area contributed by atoms with Crippen molar-refractivity contribution in [3.05, 3.63) is 50.6 Å². The van der Waals surface area contributed by atoms with E-state index in [2.05, 4.69) is 15.9 Å². The summed E-state index contributed by atoms with van der Waals surface area (Å²) in [7, 11) is 1.80. The molecule has 3 nitrogen and oxygen atoms in total. The van der Waals surface area contributed by atoms with Crippen molar-refractivity contribution >= 4 is 33.2 Å². The zero-order valence-electron chi connectivity index (χ0n) is 10.5. The van der Waals surface area contributed by atoms with Gasteiger partial charge in [-0.2, -0.15) is 0 Å². The number of hydrogen-bond donors (Lipinski definition) is 1. The van der Waals surface area contributed by atoms with E-state index in [4.69, 9.17) is 0 Å². The first-order chi connectivity index (χ1) is 9.04. The van der Waals surface area contributed by atoms with Crippen LogP contribution in [0.15, 0.2) is 39.5 Å². The van der Waals surface area contributed by atoms with Gasteiger partial charge in [-0.05, 0) is 50.6 Å². The molecule has 0 fully saturated rings. The molecule has 0 radical (unpaired) electrons. The fraction of sp³-hybridized carbons (Fsp3) is 0.214. The maximum absolute atomic E-state index is 12.1. The first kappa shape index (κ1) is 14.1. The zero-order chi connectivity index (χ0) is 13.8. The minimum Gasteiger partial charge on any atom is -0.508 e. The summed E-state index contributed by atoms with van der Waals surface area (Å²) < 4.78 is 1.07. The zero-order valence-corrected chi connectivity index (χ0v) is 12.9. The summed E-state index contributed by atoms with van der Waals surface area (Å²) in [5.41, 5.74) is 2.03. The third-order valence-electron chi connectivity index (χ3n) is 2.76. The van der Waals surface area contributed by atoms with Crippen LogP contribution in [0.1, 0.15) is 11.1 Å². The molecule has 0 bridgehead atoms. The lowest BCUT2D eigenvalue weighted by molar-refractivity contribution is -0.129. The van der Waals surface area contributed by atoms with Gasteiger partial charge in [0.1, 0.15) is 5.75 Å². The predicted octanol–water partition coefficient (Wildman–Crippen LogP) is 3.42. The molecule has 2 rings (SSSR count). The van der Waals surface area contributed by atoms with E-state index in [1.807, 2.05) is 11.4 Å². The molecular weight excluding hydrogens is 326 g/mol. The number of benzene rings is 1. The Labute approximate surface area is 124 Å². The van der Waals surface area contributed by atoms with Crippen molar-refractivity contribution < 1.29 is 9.90 Å². The third-order valence-corrected chi connectivity index (χ3v) is 4.31. The summed E-state index contributed by atoms with van der Waals surface area (Å²) in [4.78, 5) is 13.8. The lowest BCUT2D eigenvalue weighted by Gasteiger charge is -2.16. The predicted molar refractivity (Wildman–Crippen MR) is 80.3 cm³/mol. The van der Waals surface area contributed by atoms with Crippen molar-refractivity contribution in [1.29, 1.82) is 0 Å². The number of carbonyl (C=O) groups excluding carboxylic acids is 1. The van der Waals surface area contributed by atoms with Crippen LogP contribution in [0.3, 0.4) is 0 Å². The Hall–Kier alpha value is -1.33. The van der Waals surface area contributed by atoms with Gasteiger partial charge in [0.2, 0.25) is 5.91 Å². The van der Waals surface area contributed by atoms with Crippen LogP contribution in [0.25, 0.3) is 0 Å². The number of halogens is 1. The van der Waals surface area contributed by atoms with E-state index in [0.717, 1.165) is 14.9 Å². The van der Waals surface area contributed by atoms with Crippen LogP contribution in [0.2, 0.25) is 0 Å². The second kappa shape index (κ2) is 6.21. The highest BCUT2D eigenvalue weighted by Gasteiger charge is 2.11. The van der Waals surface area contributed by atoms with Crippen molar-refractivity contribution in [3.63, 3.8) is 0 Å². The second-order valence-corrected chi connectivity index (χ2v) is 6.64. The van der Waals surface area contributed by atoms with Crippen molar-refractivity contribution in [2.45, 2.75) is 13.0 Å². The lowest BCUT2D eigenvalue weighted by atomic mass is 10.1. The third kappa shape index (κ3) is 4.08. The molecule has 0 aliphatic carbocycles. The molecule has 19 heavy (non-hydrogen) atoms. The monoisotopic (exact) mass is 339 g/mol. The molecule has 5 heteroatoms. The minimum atomic E-state index is 0.0630. The minimum absolute atomic E-state index is 0.0630. The van der Waals surface area contributed by atoms with E-state index in [-0.39, 0.29) is 11.7 Å². The van der Waals surface area contributed by atoms with Gasteiger partial charge < -0.3 is 10.0 Å². The highest BCUT2D eigenvalue weighted by atomic mass is 79.9. The van der Waals surface area contributed by atoms with Crippen LogP contribution >= 0.6 is 27.3 Å². The lowest BCUT2D eigenvalue weighted by Crippen LogP contribution is -2.27. The second-order valence-electron chi connectivity index (χ2n) is 4.35. The molecule has 0 aliphatic rings. The Bertz CT molecular complexity index is 565. The molecule has 1 aromatic heterocycles. The molecular formula is C14H14BrNO2S. The van der Waals surface area contributed by atoms with Crippen LogP contribution in [0.5, 0.6) is 5.75 Å². The molecule has 0 spiro atoms. The van der Waals surface area contributed by atoms with Crippen LogP contribution in [-0.4, -0.2) is 23.0 Å². The number of carbonyl (C=O) groups is 1. The number of aromatic hydroxyl groups is 1. The standard InChI is InChI=1S/C14H14BrNO2S/c1-16(8-11-6-13(15)19-9-11)14(18)7-10-2-4-12(17)5-3-10/h2-6,9,17H,7-8H2,1H3. The number of amides is 1. The van der Waals surface area contributed by atoms with Crippen LogP contribution in [0, 0.1) is 0 Å². The average Bonchev–Trinajstić information content (AvgIpc) is 2.77. The van der Waals surface area contributed by atoms with Gasteiger partial charge in [0.15, 0.2) is 0 Å². The highest BCUT2D eigenvalue weighted by molar-refractivity contribution is 9.11. The molecule has 0 aliphatic heterocycles. The molecule has 2 aromatic rings. The van der Waals surface area contributed by atoms with Gasteiger partial charge in [-0.3, -0.25) is 4.79 Å². The number of phenolic OH excluding ortho intramolecular Hbond substituents is 1. The van der Waals surface area contributed by atoms with Gasteiger partial charge in [-0.1, -0.05) is 12.1 Å². The van der Waals surface area contributed by atoms with Crippen molar-refractivity contribution in [3.8, 4) is 5.75 Å². The number of hydrogen-bond acceptors (Lipinski definition) is 3. The van der Waals surface area contributed by atoms with Gasteiger partial charge in [-0.15, -0.1) is 11.3 Å². The van der Waals surface area contributed by atoms with Crippen molar-refractivity contribution in [2.24, 2.45) is 0 Å². The molecule has 0 unspecified atom stereocenters. The van der Waals surface area contributed by atoms with Gasteiger partial charge >= 0.3 is 0 Å². The largest absolute Gasteiger partial charge is 0.508 e. The summed E-state index contributed by atoms with van der Waals surface area (Å²) in [6, 6.07) is 8.75. The van der Waals surface area contributed by atoms with E-state index < -0.39 is 0 Å². The van der Waals surface area contributed by atoms with Gasteiger partial charge in [0, 0.05) is 13.6 Å². The summed E-state index contributed by atoms with van der Waals surface area (Å²) in [6.45, 7) is 0.610. The van der Waals surface area contributed by atoms with Crippen LogP contribution < -0.4 is 0 Å². The maximum atomic E-state index is 12.1. The summed E-state index contributed by atoms with van der Waals surface area (Å²) >= 11 is 5.03. The van der Waals surface area contributed by atoms with Crippen LogP contribution in [0.4, 0.5) is 0 Å². The number of rotatable bonds is 4. The molecule has 1 N–H and O–H groups in total. The first-order valence-electron chi connectivity index (χ1n) is 5.79. The summed E-state index contributed by atoms with van der Waals surface area (Å²) in [6.07, 6.45) is 0.349. The molecule has 0 saturated heterocycles. The van der Waals surface area contributed by atoms with E-state index in [9.17, 15) is 9.90 Å². The summed E-state index contributed by atoms with van der Waals surface area (Å²) in [5.74, 6) is 0.278. The maximum Gasteiger partial charge on any atom is 0.227 e. The molecule has 0 atom stereocenters. The fourth-order valence-corrected chi connectivity index (χ4v) is 2.91. The van der Waals surface area contributed by atoms with Gasteiger partial charge in [0.05, 0.1) is 10.2 Å². The Morgan fingerprint density at radius 1 is 1.32 bits per heavy atom. The first-order valence-corrected chi connectivity index (χ1v) is 7.46. The Morgan fingerprint density at radius 2 is 2.00 bits per heavy atom. The van der Waals surface area contributed by atoms with Crippen LogP contribution in [-0.2, 0) is 17.8 Å². The molecule has 1 heterocycles. The van der Waals surface area contributed by atoms with E-state index in [0.29, 0.717) is 13.0 Å². The Kier molecular flexibility index (Phi) is 4.61. The number of thiophene rings is 1. The van der Waals surface area contributed by atoms with E-state index in [1.54, 1.807) is 47.5 Å². The Balaban J connectivity index is 1.94. The number of phenols is 1. The molecule has 0 saturated carbocycles. The van der Waals surface area contributed by atoms with E-state index >= 15 is 0 Å². The van der Waals surface area contributed by atoms with E-state index in [1.165, 1.54) is 0 Å². The highest BCUT2D eigenvalue weighted by Crippen LogP contribution is 2.21. The number of likely N-dealkylation sites (N-methyl/N-ethyl adjacent to an activating group) is 1. The summed E-state index contributed by atoms with van der Waals surface area (Å²) in [5, 5.41) is 11.2. The van der Waals surface area contributed by atoms with Crippen molar-refractivity contribution in [2.75, 3.05) is 7.05 Å². The number of nitrogens with zero attached hydrogens (tertiary/aromatic N) is 1. The smallest absolute Gasteiger partial charge is 0.227 e. The SMILES string of the molecule is CN(Cc1csc(Br)c1)C(=O)Cc1ccc(O)cc1. The molecule has 100 valence electrons. The fourth-order valence-electron chi connectivity index (χ4n) is 1.71. The quantitative estimate of drug-likeness (QED) is 0.927.